The number of anilines is 1. The Morgan fingerprint density at radius 2 is 2.09 bits per heavy atom. The lowest BCUT2D eigenvalue weighted by atomic mass is 9.95. The van der Waals surface area contributed by atoms with E-state index in [4.69, 9.17) is 4.42 Å². The van der Waals surface area contributed by atoms with Crippen molar-refractivity contribution in [3.05, 3.63) is 40.1 Å². The van der Waals surface area contributed by atoms with Gasteiger partial charge in [-0.15, -0.1) is 18.3 Å². The molecule has 2 aromatic rings. The van der Waals surface area contributed by atoms with Crippen LogP contribution in [0.4, 0.5) is 28.4 Å². The van der Waals surface area contributed by atoms with E-state index in [1.165, 1.54) is 0 Å². The third-order valence-electron chi connectivity index (χ3n) is 5.59. The van der Waals surface area contributed by atoms with Gasteiger partial charge in [0.05, 0.1) is 6.04 Å². The smallest absolute Gasteiger partial charge is 0.406 e. The molecule has 2 heterocycles. The van der Waals surface area contributed by atoms with Gasteiger partial charge in [-0.2, -0.15) is 0 Å². The largest absolute Gasteiger partial charge is 0.573 e. The zero-order valence-corrected chi connectivity index (χ0v) is 17.7. The van der Waals surface area contributed by atoms with Crippen LogP contribution in [0, 0.1) is 11.7 Å². The van der Waals surface area contributed by atoms with Crippen LogP contribution >= 0.6 is 0 Å². The first-order chi connectivity index (χ1) is 15.6. The van der Waals surface area contributed by atoms with Crippen LogP contribution in [0.25, 0.3) is 0 Å². The Morgan fingerprint density at radius 1 is 1.33 bits per heavy atom. The maximum Gasteiger partial charge on any atom is 0.573 e. The van der Waals surface area contributed by atoms with E-state index in [1.807, 2.05) is 6.92 Å². The van der Waals surface area contributed by atoms with Crippen LogP contribution in [-0.2, 0) is 6.54 Å². The number of aromatic amines is 1. The second kappa shape index (κ2) is 8.94. The number of urea groups is 1. The van der Waals surface area contributed by atoms with E-state index in [2.05, 4.69) is 20.3 Å². The first-order valence-electron chi connectivity index (χ1n) is 10.5. The van der Waals surface area contributed by atoms with Crippen LogP contribution in [0.2, 0.25) is 0 Å². The van der Waals surface area contributed by atoms with Gasteiger partial charge in [0.15, 0.2) is 0 Å². The fraction of sp³-hybridized carbons (Fsp3) is 0.550. The predicted octanol–water partition coefficient (Wildman–Crippen LogP) is 2.99. The molecule has 1 saturated heterocycles. The second-order valence-corrected chi connectivity index (χ2v) is 8.39. The number of amides is 2. The molecule has 2 atom stereocenters. The van der Waals surface area contributed by atoms with Crippen LogP contribution in [-0.4, -0.2) is 52.7 Å². The lowest BCUT2D eigenvalue weighted by Crippen LogP contribution is -2.55. The standard InChI is InChI=1S/C20H23F4N5O4/c1-11-6-14(10-28(9-11)18-26-27-19(31)32-18)29(13-3-4-13)17(30)25-8-12-2-5-15(7-16(12)21)33-20(22,23)24/h2,5,7,11,13-14H,3-4,6,8-10H2,1H3,(H,25,30)(H,27,31). The number of carbonyl (C=O) groups is 1. The number of rotatable bonds is 6. The van der Waals surface area contributed by atoms with E-state index in [0.29, 0.717) is 19.2 Å². The molecule has 0 radical (unpaired) electrons. The number of piperidine rings is 1. The van der Waals surface area contributed by atoms with Crippen molar-refractivity contribution in [1.82, 2.24) is 20.4 Å². The van der Waals surface area contributed by atoms with Crippen LogP contribution in [0.1, 0.15) is 31.7 Å². The Morgan fingerprint density at radius 3 is 2.70 bits per heavy atom. The van der Waals surface area contributed by atoms with E-state index in [0.717, 1.165) is 31.4 Å². The SMILES string of the molecule is CC1CC(N(C(=O)NCc2ccc(OC(F)(F)F)cc2F)C2CC2)CN(c2n[nH]c(=O)o2)C1. The van der Waals surface area contributed by atoms with Crippen molar-refractivity contribution in [1.29, 1.82) is 0 Å². The van der Waals surface area contributed by atoms with Crippen molar-refractivity contribution in [2.75, 3.05) is 18.0 Å². The molecule has 2 aliphatic rings. The summed E-state index contributed by atoms with van der Waals surface area (Å²) < 4.78 is 59.9. The van der Waals surface area contributed by atoms with Gasteiger partial charge in [-0.05, 0) is 31.2 Å². The molecule has 2 unspecified atom stereocenters. The number of hydrogen-bond donors (Lipinski definition) is 2. The maximum absolute atomic E-state index is 14.2. The molecule has 0 bridgehead atoms. The molecule has 180 valence electrons. The number of halogens is 4. The molecule has 1 saturated carbocycles. The molecule has 4 rings (SSSR count). The van der Waals surface area contributed by atoms with E-state index in [-0.39, 0.29) is 36.1 Å². The highest BCUT2D eigenvalue weighted by molar-refractivity contribution is 5.75. The highest BCUT2D eigenvalue weighted by Crippen LogP contribution is 2.33. The van der Waals surface area contributed by atoms with Gasteiger partial charge in [-0.3, -0.25) is 0 Å². The molecule has 2 amide bonds. The van der Waals surface area contributed by atoms with Gasteiger partial charge in [0, 0.05) is 37.3 Å². The van der Waals surface area contributed by atoms with Gasteiger partial charge in [0.2, 0.25) is 0 Å². The summed E-state index contributed by atoms with van der Waals surface area (Å²) in [6, 6.07) is 2.39. The summed E-state index contributed by atoms with van der Waals surface area (Å²) in [5.74, 6) is -2.05. The van der Waals surface area contributed by atoms with Crippen LogP contribution in [0.5, 0.6) is 5.75 Å². The van der Waals surface area contributed by atoms with E-state index >= 15 is 0 Å². The molecule has 1 aliphatic heterocycles. The Balaban J connectivity index is 1.42. The van der Waals surface area contributed by atoms with Gasteiger partial charge < -0.3 is 24.3 Å². The van der Waals surface area contributed by atoms with Crippen molar-refractivity contribution < 1.29 is 31.5 Å². The normalized spacial score (nSPS) is 21.1. The van der Waals surface area contributed by atoms with Gasteiger partial charge >= 0.3 is 24.2 Å². The lowest BCUT2D eigenvalue weighted by Gasteiger charge is -2.41. The zero-order chi connectivity index (χ0) is 23.8. The number of alkyl halides is 3. The van der Waals surface area contributed by atoms with E-state index in [9.17, 15) is 27.2 Å². The number of H-pyrrole nitrogens is 1. The molecule has 2 N–H and O–H groups in total. The summed E-state index contributed by atoms with van der Waals surface area (Å²) in [5.41, 5.74) is 0.0329. The molecule has 2 fully saturated rings. The average molecular weight is 473 g/mol. The summed E-state index contributed by atoms with van der Waals surface area (Å²) >= 11 is 0. The van der Waals surface area contributed by atoms with Crippen molar-refractivity contribution in [3.8, 4) is 5.75 Å². The number of aromatic nitrogens is 2. The van der Waals surface area contributed by atoms with Gasteiger partial charge in [0.1, 0.15) is 11.6 Å². The third kappa shape index (κ3) is 5.76. The summed E-state index contributed by atoms with van der Waals surface area (Å²) in [5, 5.41) is 8.77. The molecule has 0 spiro atoms. The minimum atomic E-state index is -4.92. The van der Waals surface area contributed by atoms with E-state index in [1.54, 1.807) is 9.80 Å². The Kier molecular flexibility index (Phi) is 6.21. The quantitative estimate of drug-likeness (QED) is 0.626. The lowest BCUT2D eigenvalue weighted by molar-refractivity contribution is -0.274. The van der Waals surface area contributed by atoms with Crippen molar-refractivity contribution in [3.63, 3.8) is 0 Å². The molecular formula is C20H23F4N5O4. The predicted molar refractivity (Wildman–Crippen MR) is 107 cm³/mol. The zero-order valence-electron chi connectivity index (χ0n) is 17.7. The number of carbonyl (C=O) groups excluding carboxylic acids is 1. The summed E-state index contributed by atoms with van der Waals surface area (Å²) in [6.45, 7) is 2.86. The van der Waals surface area contributed by atoms with Crippen molar-refractivity contribution in [2.24, 2.45) is 5.92 Å². The van der Waals surface area contributed by atoms with Gasteiger partial charge in [-0.1, -0.05) is 13.0 Å². The van der Waals surface area contributed by atoms with Gasteiger partial charge in [0.25, 0.3) is 0 Å². The number of hydrogen-bond acceptors (Lipinski definition) is 6. The Bertz CT molecular complexity index is 1050. The fourth-order valence-electron chi connectivity index (χ4n) is 4.15. The first kappa shape index (κ1) is 22.9. The fourth-order valence-corrected chi connectivity index (χ4v) is 4.15. The van der Waals surface area contributed by atoms with Gasteiger partial charge in [-0.25, -0.2) is 19.1 Å². The van der Waals surface area contributed by atoms with Crippen LogP contribution < -0.4 is 20.7 Å². The minimum Gasteiger partial charge on any atom is -0.406 e. The summed E-state index contributed by atoms with van der Waals surface area (Å²) in [6.07, 6.45) is -2.51. The Labute approximate surface area is 185 Å². The topological polar surface area (TPSA) is 104 Å². The molecule has 13 heteroatoms. The number of nitrogens with zero attached hydrogens (tertiary/aromatic N) is 3. The van der Waals surface area contributed by atoms with Crippen LogP contribution in [0.15, 0.2) is 27.4 Å². The number of ether oxygens (including phenoxy) is 1. The molecular weight excluding hydrogens is 450 g/mol. The van der Waals surface area contributed by atoms with Crippen molar-refractivity contribution >= 4 is 12.0 Å². The molecule has 1 aromatic heterocycles. The maximum atomic E-state index is 14.2. The minimum absolute atomic E-state index is 0.0329. The molecule has 9 nitrogen and oxygen atoms in total. The van der Waals surface area contributed by atoms with Crippen molar-refractivity contribution in [2.45, 2.75) is 51.2 Å². The molecule has 33 heavy (non-hydrogen) atoms. The monoisotopic (exact) mass is 473 g/mol. The highest BCUT2D eigenvalue weighted by atomic mass is 19.4. The number of nitrogens with one attached hydrogen (secondary N) is 2. The van der Waals surface area contributed by atoms with Crippen LogP contribution in [0.3, 0.4) is 0 Å². The van der Waals surface area contributed by atoms with E-state index < -0.39 is 29.7 Å². The number of benzene rings is 1. The summed E-state index contributed by atoms with van der Waals surface area (Å²) in [4.78, 5) is 27.9. The molecule has 1 aromatic carbocycles. The second-order valence-electron chi connectivity index (χ2n) is 8.39. The third-order valence-corrected chi connectivity index (χ3v) is 5.59. The first-order valence-corrected chi connectivity index (χ1v) is 10.5. The Hall–Kier alpha value is -3.25. The average Bonchev–Trinajstić information content (AvgIpc) is 3.44. The summed E-state index contributed by atoms with van der Waals surface area (Å²) in [7, 11) is 0. The molecule has 1 aliphatic carbocycles. The highest BCUT2D eigenvalue weighted by Gasteiger charge is 2.41.